The molecule has 2 aromatic carbocycles. The molecule has 0 unspecified atom stereocenters. The van der Waals surface area contributed by atoms with Crippen LogP contribution in [0.2, 0.25) is 0 Å². The number of hydrogen-bond acceptors (Lipinski definition) is 6. The molecule has 0 aliphatic rings. The zero-order valence-electron chi connectivity index (χ0n) is 14.4. The number of para-hydroxylation sites is 1. The van der Waals surface area contributed by atoms with Gasteiger partial charge in [-0.1, -0.05) is 24.3 Å². The lowest BCUT2D eigenvalue weighted by Gasteiger charge is -2.10. The molecule has 0 amide bonds. The molecule has 0 aliphatic heterocycles. The number of ether oxygens (including phenoxy) is 3. The number of pyridine rings is 1. The van der Waals surface area contributed by atoms with E-state index in [0.717, 1.165) is 5.39 Å². The van der Waals surface area contributed by atoms with Crippen LogP contribution < -0.4 is 9.47 Å². The number of methoxy groups -OCH3 is 2. The van der Waals surface area contributed by atoms with Crippen molar-refractivity contribution in [2.75, 3.05) is 20.8 Å². The van der Waals surface area contributed by atoms with Gasteiger partial charge in [0.2, 0.25) is 5.78 Å². The average molecular weight is 351 g/mol. The van der Waals surface area contributed by atoms with E-state index in [2.05, 4.69) is 4.98 Å². The van der Waals surface area contributed by atoms with Crippen LogP contribution in [-0.2, 0) is 4.74 Å². The summed E-state index contributed by atoms with van der Waals surface area (Å²) in [5, 5.41) is 0.920. The minimum Gasteiger partial charge on any atom is -0.497 e. The van der Waals surface area contributed by atoms with Gasteiger partial charge < -0.3 is 14.2 Å². The summed E-state index contributed by atoms with van der Waals surface area (Å²) in [6.07, 6.45) is 0. The van der Waals surface area contributed by atoms with Gasteiger partial charge in [0, 0.05) is 11.5 Å². The Kier molecular flexibility index (Phi) is 5.12. The van der Waals surface area contributed by atoms with Gasteiger partial charge in [0.15, 0.2) is 6.61 Å². The van der Waals surface area contributed by atoms with E-state index in [1.165, 1.54) is 14.2 Å². The molecule has 1 heterocycles. The van der Waals surface area contributed by atoms with E-state index in [1.54, 1.807) is 36.4 Å². The first-order valence-electron chi connectivity index (χ1n) is 7.90. The number of Topliss-reactive ketones (excluding diaryl/α,β-unsaturated/α-hetero) is 1. The maximum atomic E-state index is 12.4. The molecule has 6 heteroatoms. The maximum absolute atomic E-state index is 12.4. The van der Waals surface area contributed by atoms with E-state index in [9.17, 15) is 9.59 Å². The van der Waals surface area contributed by atoms with E-state index < -0.39 is 12.6 Å². The highest BCUT2D eigenvalue weighted by Gasteiger charge is 2.17. The van der Waals surface area contributed by atoms with Crippen molar-refractivity contribution in [1.29, 1.82) is 0 Å². The highest BCUT2D eigenvalue weighted by Crippen LogP contribution is 2.25. The van der Waals surface area contributed by atoms with Crippen molar-refractivity contribution in [3.05, 3.63) is 65.9 Å². The minimum absolute atomic E-state index is 0.151. The maximum Gasteiger partial charge on any atom is 0.357 e. The van der Waals surface area contributed by atoms with Crippen LogP contribution in [0.15, 0.2) is 54.6 Å². The zero-order valence-corrected chi connectivity index (χ0v) is 14.4. The third-order valence-electron chi connectivity index (χ3n) is 3.85. The van der Waals surface area contributed by atoms with Crippen molar-refractivity contribution < 1.29 is 23.8 Å². The Morgan fingerprint density at radius 1 is 0.962 bits per heavy atom. The van der Waals surface area contributed by atoms with Gasteiger partial charge in [0.25, 0.3) is 0 Å². The standard InChI is InChI=1S/C20H17NO5/c1-24-14-8-9-15(19(11-14)25-2)18(22)12-26-20(23)17-10-7-13-5-3-4-6-16(13)21-17/h3-11H,12H2,1-2H3. The third kappa shape index (κ3) is 3.64. The molecule has 0 bridgehead atoms. The first-order valence-corrected chi connectivity index (χ1v) is 7.90. The van der Waals surface area contributed by atoms with Gasteiger partial charge in [-0.25, -0.2) is 9.78 Å². The van der Waals surface area contributed by atoms with Gasteiger partial charge in [-0.05, 0) is 24.3 Å². The number of carbonyl (C=O) groups is 2. The van der Waals surface area contributed by atoms with Gasteiger partial charge >= 0.3 is 5.97 Å². The molecule has 0 aliphatic carbocycles. The number of carbonyl (C=O) groups excluding carboxylic acids is 2. The summed E-state index contributed by atoms with van der Waals surface area (Å²) in [6, 6.07) is 15.6. The Hall–Kier alpha value is -3.41. The quantitative estimate of drug-likeness (QED) is 0.501. The van der Waals surface area contributed by atoms with Crippen LogP contribution in [0.4, 0.5) is 0 Å². The van der Waals surface area contributed by atoms with Crippen LogP contribution in [0, 0.1) is 0 Å². The fourth-order valence-corrected chi connectivity index (χ4v) is 2.49. The number of aromatic nitrogens is 1. The molecule has 0 radical (unpaired) electrons. The Morgan fingerprint density at radius 2 is 1.77 bits per heavy atom. The molecule has 3 aromatic rings. The van der Waals surface area contributed by atoms with Gasteiger partial charge in [0.1, 0.15) is 17.2 Å². The molecular weight excluding hydrogens is 334 g/mol. The number of ketones is 1. The Bertz CT molecular complexity index is 967. The van der Waals surface area contributed by atoms with Crippen LogP contribution in [0.25, 0.3) is 10.9 Å². The van der Waals surface area contributed by atoms with Gasteiger partial charge in [0.05, 0.1) is 25.3 Å². The summed E-state index contributed by atoms with van der Waals surface area (Å²) in [5.41, 5.74) is 1.15. The Labute approximate surface area is 150 Å². The number of fused-ring (bicyclic) bond motifs is 1. The molecule has 0 fully saturated rings. The van der Waals surface area contributed by atoms with E-state index in [4.69, 9.17) is 14.2 Å². The minimum atomic E-state index is -0.656. The van der Waals surface area contributed by atoms with Gasteiger partial charge in [-0.3, -0.25) is 4.79 Å². The summed E-state index contributed by atoms with van der Waals surface area (Å²) >= 11 is 0. The Balaban J connectivity index is 1.71. The lowest BCUT2D eigenvalue weighted by Crippen LogP contribution is -2.16. The van der Waals surface area contributed by atoms with Crippen LogP contribution in [0.5, 0.6) is 11.5 Å². The molecule has 26 heavy (non-hydrogen) atoms. The molecule has 132 valence electrons. The fourth-order valence-electron chi connectivity index (χ4n) is 2.49. The highest BCUT2D eigenvalue weighted by molar-refractivity contribution is 6.01. The predicted octanol–water partition coefficient (Wildman–Crippen LogP) is 3.29. The van der Waals surface area contributed by atoms with E-state index in [0.29, 0.717) is 22.6 Å². The van der Waals surface area contributed by atoms with Crippen molar-refractivity contribution in [3.63, 3.8) is 0 Å². The van der Waals surface area contributed by atoms with Crippen molar-refractivity contribution in [3.8, 4) is 11.5 Å². The lowest BCUT2D eigenvalue weighted by molar-refractivity contribution is 0.0468. The molecule has 0 spiro atoms. The van der Waals surface area contributed by atoms with E-state index in [-0.39, 0.29) is 11.5 Å². The highest BCUT2D eigenvalue weighted by atomic mass is 16.5. The van der Waals surface area contributed by atoms with Crippen LogP contribution in [0.3, 0.4) is 0 Å². The topological polar surface area (TPSA) is 74.7 Å². The molecule has 3 rings (SSSR count). The number of benzene rings is 2. The smallest absolute Gasteiger partial charge is 0.357 e. The summed E-state index contributed by atoms with van der Waals surface area (Å²) in [7, 11) is 2.98. The molecule has 0 atom stereocenters. The summed E-state index contributed by atoms with van der Waals surface area (Å²) in [6.45, 7) is -0.407. The number of esters is 1. The largest absolute Gasteiger partial charge is 0.497 e. The van der Waals surface area contributed by atoms with Crippen LogP contribution >= 0.6 is 0 Å². The van der Waals surface area contributed by atoms with Gasteiger partial charge in [-0.2, -0.15) is 0 Å². The number of nitrogens with zero attached hydrogens (tertiary/aromatic N) is 1. The Morgan fingerprint density at radius 3 is 2.54 bits per heavy atom. The summed E-state index contributed by atoms with van der Waals surface area (Å²) < 4.78 is 15.4. The average Bonchev–Trinajstić information content (AvgIpc) is 2.70. The van der Waals surface area contributed by atoms with Crippen LogP contribution in [0.1, 0.15) is 20.8 Å². The molecule has 6 nitrogen and oxygen atoms in total. The van der Waals surface area contributed by atoms with Crippen molar-refractivity contribution in [2.45, 2.75) is 0 Å². The van der Waals surface area contributed by atoms with Gasteiger partial charge in [-0.15, -0.1) is 0 Å². The fraction of sp³-hybridized carbons (Fsp3) is 0.150. The first-order chi connectivity index (χ1) is 12.6. The predicted molar refractivity (Wildman–Crippen MR) is 95.9 cm³/mol. The SMILES string of the molecule is COc1ccc(C(=O)COC(=O)c2ccc3ccccc3n2)c(OC)c1. The molecule has 1 aromatic heterocycles. The molecular formula is C20H17NO5. The second-order valence-corrected chi connectivity index (χ2v) is 5.45. The second-order valence-electron chi connectivity index (χ2n) is 5.45. The summed E-state index contributed by atoms with van der Waals surface area (Å²) in [5.74, 6) is -0.111. The first kappa shape index (κ1) is 17.4. The summed E-state index contributed by atoms with van der Waals surface area (Å²) in [4.78, 5) is 28.8. The van der Waals surface area contributed by atoms with E-state index in [1.807, 2.05) is 18.2 Å². The normalized spacial score (nSPS) is 10.4. The molecule has 0 saturated carbocycles. The van der Waals surface area contributed by atoms with Crippen molar-refractivity contribution in [1.82, 2.24) is 4.98 Å². The molecule has 0 saturated heterocycles. The second kappa shape index (κ2) is 7.65. The molecule has 0 N–H and O–H groups in total. The monoisotopic (exact) mass is 351 g/mol. The lowest BCUT2D eigenvalue weighted by atomic mass is 10.1. The zero-order chi connectivity index (χ0) is 18.5. The van der Waals surface area contributed by atoms with Crippen molar-refractivity contribution in [2.24, 2.45) is 0 Å². The number of rotatable bonds is 6. The van der Waals surface area contributed by atoms with Crippen molar-refractivity contribution >= 4 is 22.7 Å². The third-order valence-corrected chi connectivity index (χ3v) is 3.85. The van der Waals surface area contributed by atoms with E-state index >= 15 is 0 Å². The number of hydrogen-bond donors (Lipinski definition) is 0. The van der Waals surface area contributed by atoms with Crippen LogP contribution in [-0.4, -0.2) is 37.6 Å².